The van der Waals surface area contributed by atoms with Crippen molar-refractivity contribution in [2.75, 3.05) is 0 Å². The maximum Gasteiger partial charge on any atom is 0.433 e. The Morgan fingerprint density at radius 1 is 0.708 bits per heavy atom. The third kappa shape index (κ3) is 3.62. The second kappa shape index (κ2) is 5.67. The lowest BCUT2D eigenvalue weighted by atomic mass is 9.97. The zero-order valence-corrected chi connectivity index (χ0v) is 11.3. The molecule has 1 heterocycles. The first-order valence-electron chi connectivity index (χ1n) is 6.13. The molecular weight excluding hydrogens is 353 g/mol. The van der Waals surface area contributed by atoms with Crippen LogP contribution in [0.1, 0.15) is 16.8 Å². The monoisotopic (exact) mass is 359 g/mol. The van der Waals surface area contributed by atoms with E-state index in [4.69, 9.17) is 0 Å². The first-order chi connectivity index (χ1) is 10.8. The molecule has 0 bridgehead atoms. The van der Waals surface area contributed by atoms with Crippen LogP contribution in [0.3, 0.4) is 0 Å². The van der Waals surface area contributed by atoms with Crippen molar-refractivity contribution in [1.82, 2.24) is 4.98 Å². The van der Waals surface area contributed by atoms with Crippen LogP contribution >= 0.6 is 0 Å². The summed E-state index contributed by atoms with van der Waals surface area (Å²) in [7, 11) is 0. The zero-order valence-electron chi connectivity index (χ0n) is 11.3. The van der Waals surface area contributed by atoms with Crippen LogP contribution in [-0.4, -0.2) is 4.98 Å². The molecule has 1 aromatic carbocycles. The first-order valence-corrected chi connectivity index (χ1v) is 6.13. The highest BCUT2D eigenvalue weighted by Crippen LogP contribution is 2.44. The molecule has 0 unspecified atom stereocenters. The molecule has 1 aromatic heterocycles. The Morgan fingerprint density at radius 2 is 1.33 bits per heavy atom. The van der Waals surface area contributed by atoms with E-state index in [1.807, 2.05) is 0 Å². The first kappa shape index (κ1) is 18.1. The molecular formula is C14H6F9N. The van der Waals surface area contributed by atoms with E-state index < -0.39 is 46.5 Å². The molecule has 2 rings (SSSR count). The van der Waals surface area contributed by atoms with Gasteiger partial charge in [-0.25, -0.2) is 0 Å². The quantitative estimate of drug-likeness (QED) is 0.586. The van der Waals surface area contributed by atoms with Crippen molar-refractivity contribution in [2.24, 2.45) is 0 Å². The Morgan fingerprint density at radius 3 is 1.83 bits per heavy atom. The van der Waals surface area contributed by atoms with Crippen molar-refractivity contribution in [1.29, 1.82) is 0 Å². The summed E-state index contributed by atoms with van der Waals surface area (Å²) in [5.74, 6) is 0. The van der Waals surface area contributed by atoms with Crippen LogP contribution in [0.25, 0.3) is 11.1 Å². The molecule has 0 amide bonds. The number of hydrogen-bond donors (Lipinski definition) is 0. The fourth-order valence-electron chi connectivity index (χ4n) is 2.07. The van der Waals surface area contributed by atoms with Gasteiger partial charge in [0.05, 0.1) is 11.1 Å². The fraction of sp³-hybridized carbons (Fsp3) is 0.214. The fourth-order valence-corrected chi connectivity index (χ4v) is 2.07. The van der Waals surface area contributed by atoms with Gasteiger partial charge in [-0.1, -0.05) is 12.1 Å². The molecule has 0 aliphatic carbocycles. The van der Waals surface area contributed by atoms with Crippen molar-refractivity contribution in [3.05, 3.63) is 53.3 Å². The average molecular weight is 359 g/mol. The van der Waals surface area contributed by atoms with Crippen LogP contribution in [0.5, 0.6) is 0 Å². The van der Waals surface area contributed by atoms with Gasteiger partial charge in [-0.2, -0.15) is 39.5 Å². The number of alkyl halides is 9. The zero-order chi connectivity index (χ0) is 18.3. The molecule has 0 atom stereocenters. The van der Waals surface area contributed by atoms with Gasteiger partial charge < -0.3 is 0 Å². The van der Waals surface area contributed by atoms with Crippen LogP contribution in [0, 0.1) is 0 Å². The Balaban J connectivity index is 2.77. The van der Waals surface area contributed by atoms with Crippen molar-refractivity contribution >= 4 is 0 Å². The summed E-state index contributed by atoms with van der Waals surface area (Å²) >= 11 is 0. The third-order valence-electron chi connectivity index (χ3n) is 3.00. The molecule has 0 fully saturated rings. The van der Waals surface area contributed by atoms with Gasteiger partial charge in [-0.05, 0) is 29.3 Å². The standard InChI is InChI=1S/C14H6F9N/c15-12(16,17)8-3-1-2-7(6-8)9-4-5-24-11(14(21,22)23)10(9)13(18,19)20/h1-6H. The molecule has 0 saturated carbocycles. The minimum atomic E-state index is -5.46. The van der Waals surface area contributed by atoms with E-state index in [1.165, 1.54) is 0 Å². The van der Waals surface area contributed by atoms with Crippen LogP contribution in [-0.2, 0) is 18.5 Å². The van der Waals surface area contributed by atoms with Crippen molar-refractivity contribution < 1.29 is 39.5 Å². The number of halogens is 9. The predicted octanol–water partition coefficient (Wildman–Crippen LogP) is 5.81. The van der Waals surface area contributed by atoms with E-state index in [0.717, 1.165) is 12.1 Å². The summed E-state index contributed by atoms with van der Waals surface area (Å²) in [6, 6.07) is 3.22. The van der Waals surface area contributed by atoms with E-state index in [9.17, 15) is 39.5 Å². The van der Waals surface area contributed by atoms with Crippen molar-refractivity contribution in [3.8, 4) is 11.1 Å². The molecule has 1 nitrogen and oxygen atoms in total. The summed E-state index contributed by atoms with van der Waals surface area (Å²) < 4.78 is 116. The number of rotatable bonds is 1. The van der Waals surface area contributed by atoms with Crippen LogP contribution in [0.15, 0.2) is 36.5 Å². The normalized spacial score (nSPS) is 13.2. The lowest BCUT2D eigenvalue weighted by Gasteiger charge is -2.18. The number of aromatic nitrogens is 1. The molecule has 0 aliphatic heterocycles. The second-order valence-electron chi connectivity index (χ2n) is 4.66. The van der Waals surface area contributed by atoms with Crippen molar-refractivity contribution in [3.63, 3.8) is 0 Å². The Hall–Kier alpha value is -2.26. The molecule has 10 heteroatoms. The lowest BCUT2D eigenvalue weighted by molar-refractivity contribution is -0.164. The van der Waals surface area contributed by atoms with Gasteiger partial charge in [0.2, 0.25) is 0 Å². The number of benzene rings is 1. The SMILES string of the molecule is FC(F)(F)c1cccc(-c2ccnc(C(F)(F)F)c2C(F)(F)F)c1. The summed E-state index contributed by atoms with van der Waals surface area (Å²) in [6.07, 6.45) is -15.3. The highest BCUT2D eigenvalue weighted by Gasteiger charge is 2.46. The lowest BCUT2D eigenvalue weighted by Crippen LogP contribution is -2.19. The molecule has 0 spiro atoms. The number of pyridine rings is 1. The Bertz CT molecular complexity index is 741. The van der Waals surface area contributed by atoms with Crippen molar-refractivity contribution in [2.45, 2.75) is 18.5 Å². The highest BCUT2D eigenvalue weighted by atomic mass is 19.4. The van der Waals surface area contributed by atoms with Gasteiger partial charge in [0.25, 0.3) is 0 Å². The Labute approximate surface area is 128 Å². The van der Waals surface area contributed by atoms with E-state index in [0.29, 0.717) is 24.4 Å². The number of nitrogens with zero attached hydrogens (tertiary/aromatic N) is 1. The largest absolute Gasteiger partial charge is 0.433 e. The number of hydrogen-bond acceptors (Lipinski definition) is 1. The van der Waals surface area contributed by atoms with E-state index in [-0.39, 0.29) is 0 Å². The van der Waals surface area contributed by atoms with Gasteiger partial charge in [0.15, 0.2) is 5.69 Å². The highest BCUT2D eigenvalue weighted by molar-refractivity contribution is 5.69. The van der Waals surface area contributed by atoms with Crippen LogP contribution < -0.4 is 0 Å². The minimum Gasteiger partial charge on any atom is -0.251 e. The van der Waals surface area contributed by atoms with Crippen LogP contribution in [0.2, 0.25) is 0 Å². The third-order valence-corrected chi connectivity index (χ3v) is 3.00. The summed E-state index contributed by atoms with van der Waals surface area (Å²) in [5.41, 5.74) is -7.29. The summed E-state index contributed by atoms with van der Waals surface area (Å²) in [6.45, 7) is 0. The minimum absolute atomic E-state index is 0.352. The average Bonchev–Trinajstić information content (AvgIpc) is 2.44. The van der Waals surface area contributed by atoms with Gasteiger partial charge >= 0.3 is 18.5 Å². The molecule has 0 radical (unpaired) electrons. The maximum absolute atomic E-state index is 13.1. The molecule has 0 N–H and O–H groups in total. The van der Waals surface area contributed by atoms with Gasteiger partial charge in [-0.15, -0.1) is 0 Å². The molecule has 0 saturated heterocycles. The van der Waals surface area contributed by atoms with Gasteiger partial charge in [0, 0.05) is 6.20 Å². The molecule has 2 aromatic rings. The summed E-state index contributed by atoms with van der Waals surface area (Å²) in [5, 5.41) is 0. The summed E-state index contributed by atoms with van der Waals surface area (Å²) in [4.78, 5) is 2.71. The molecule has 0 aliphatic rings. The molecule has 24 heavy (non-hydrogen) atoms. The van der Waals surface area contributed by atoms with E-state index in [1.54, 1.807) is 0 Å². The van der Waals surface area contributed by atoms with Gasteiger partial charge in [0.1, 0.15) is 0 Å². The maximum atomic E-state index is 13.1. The smallest absolute Gasteiger partial charge is 0.251 e. The van der Waals surface area contributed by atoms with Crippen LogP contribution in [0.4, 0.5) is 39.5 Å². The Kier molecular flexibility index (Phi) is 4.28. The predicted molar refractivity (Wildman–Crippen MR) is 64.7 cm³/mol. The second-order valence-corrected chi connectivity index (χ2v) is 4.66. The van der Waals surface area contributed by atoms with Gasteiger partial charge in [-0.3, -0.25) is 4.98 Å². The topological polar surface area (TPSA) is 12.9 Å². The van der Waals surface area contributed by atoms with E-state index >= 15 is 0 Å². The van der Waals surface area contributed by atoms with E-state index in [2.05, 4.69) is 4.98 Å². The molecule has 130 valence electrons.